The number of fused-ring (bicyclic) bond motifs is 16. The molecule has 1 aliphatic rings. The molecular weight excluding hydrogens is 1130 g/mol. The van der Waals surface area contributed by atoms with Gasteiger partial charge in [-0.1, -0.05) is 0 Å². The summed E-state index contributed by atoms with van der Waals surface area (Å²) in [6.45, 7) is 0.0126. The molecule has 33 nitrogen and oxygen atoms in total. The molecule has 454 valence electrons. The maximum Gasteiger partial charge on any atom is 0.291 e. The Morgan fingerprint density at radius 2 is 0.782 bits per heavy atom. The standard InChI is InChI=1S/C54H61N21O12/c1-68-18-26-14-33(68)47(80)56-12-9-10-39(76)64-37-24-74(7)44(65-37)53(86)60-28-16-35(70(3)20-28)49(82)62-32-23-73(6)41(43(32)78)52(85)59-27-15-34(69(2)19-27)48(81)57-13-11-30(55)46(79)67-38-25-75(8)45(66-38)54(87)61-29-17-36(71(4)21-29)50(83)63-31-22-72(5)40(42(31)77)51(84)58-26/h14-25,30,77-78H,9-13,55H2,1-8H3,(H,56,80)(H,57,81)(H,58,84)(H,59,85)(H,60,86)(H,61,87)(H,62,82)(H,63,83)(H,64,76)(H,67,79)/t30-/m1/s1. The molecule has 0 fully saturated rings. The number of nitrogens with zero attached hydrogens (tertiary/aromatic N) is 10. The van der Waals surface area contributed by atoms with E-state index in [0.717, 1.165) is 0 Å². The van der Waals surface area contributed by atoms with E-state index < -0.39 is 76.6 Å². The number of nitrogens with one attached hydrogen (secondary N) is 10. The largest absolute Gasteiger partial charge is 0.504 e. The van der Waals surface area contributed by atoms with Crippen molar-refractivity contribution in [3.63, 3.8) is 0 Å². The Labute approximate surface area is 492 Å². The van der Waals surface area contributed by atoms with Crippen molar-refractivity contribution in [3.8, 4) is 11.5 Å². The minimum absolute atomic E-state index is 0.0141. The van der Waals surface area contributed by atoms with Gasteiger partial charge in [-0.25, -0.2) is 9.97 Å². The summed E-state index contributed by atoms with van der Waals surface area (Å²) >= 11 is 0. The van der Waals surface area contributed by atoms with Crippen LogP contribution in [0, 0.1) is 0 Å². The van der Waals surface area contributed by atoms with E-state index in [1.54, 1.807) is 21.1 Å². The van der Waals surface area contributed by atoms with Gasteiger partial charge in [0.05, 0.1) is 28.8 Å². The molecule has 8 aromatic heterocycles. The Balaban J connectivity index is 0.894. The number of amides is 10. The fourth-order valence-electron chi connectivity index (χ4n) is 9.51. The first kappa shape index (κ1) is 60.0. The second-order valence-electron chi connectivity index (χ2n) is 20.5. The van der Waals surface area contributed by atoms with Crippen molar-refractivity contribution in [2.75, 3.05) is 55.6 Å². The Morgan fingerprint density at radius 3 is 1.20 bits per heavy atom. The van der Waals surface area contributed by atoms with Crippen molar-refractivity contribution in [3.05, 3.63) is 120 Å². The molecule has 1 aliphatic heterocycles. The summed E-state index contributed by atoms with van der Waals surface area (Å²) in [6.07, 6.45) is 11.4. The van der Waals surface area contributed by atoms with E-state index in [4.69, 9.17) is 5.73 Å². The van der Waals surface area contributed by atoms with Gasteiger partial charge in [-0.3, -0.25) is 47.9 Å². The molecular formula is C54H61N21O12. The third kappa shape index (κ3) is 13.0. The van der Waals surface area contributed by atoms with Crippen molar-refractivity contribution in [2.24, 2.45) is 62.1 Å². The van der Waals surface area contributed by atoms with Gasteiger partial charge in [-0.05, 0) is 37.1 Å². The molecule has 0 aromatic carbocycles. The first-order chi connectivity index (χ1) is 41.2. The number of aromatic hydroxyl groups is 2. The normalized spacial score (nSPS) is 15.9. The quantitative estimate of drug-likeness (QED) is 0.103. The Hall–Kier alpha value is -11.6. The molecule has 1 atom stereocenters. The number of carbonyl (C=O) groups excluding carboxylic acids is 10. The molecule has 0 aliphatic carbocycles. The predicted octanol–water partition coefficient (Wildman–Crippen LogP) is 1.66. The third-order valence-corrected chi connectivity index (χ3v) is 13.8. The van der Waals surface area contributed by atoms with Crippen LogP contribution in [-0.4, -0.2) is 135 Å². The molecule has 0 saturated heterocycles. The van der Waals surface area contributed by atoms with Crippen LogP contribution in [0.3, 0.4) is 0 Å². The summed E-state index contributed by atoms with van der Waals surface area (Å²) in [5, 5.41) is 48.7. The van der Waals surface area contributed by atoms with Crippen LogP contribution in [0.2, 0.25) is 0 Å². The van der Waals surface area contributed by atoms with Gasteiger partial charge in [-0.15, -0.1) is 0 Å². The summed E-state index contributed by atoms with van der Waals surface area (Å²) in [6, 6.07) is 4.37. The van der Waals surface area contributed by atoms with E-state index in [0.29, 0.717) is 0 Å². The van der Waals surface area contributed by atoms with E-state index >= 15 is 0 Å². The van der Waals surface area contributed by atoms with Crippen LogP contribution in [0.4, 0.5) is 45.8 Å². The highest BCUT2D eigenvalue weighted by atomic mass is 16.3. The molecule has 9 rings (SSSR count). The van der Waals surface area contributed by atoms with Crippen LogP contribution in [0.1, 0.15) is 103 Å². The van der Waals surface area contributed by atoms with Crippen molar-refractivity contribution in [2.45, 2.75) is 25.3 Å². The number of carbonyl (C=O) groups is 10. The number of nitrogens with two attached hydrogens (primary N) is 1. The van der Waals surface area contributed by atoms with Gasteiger partial charge < -0.3 is 106 Å². The van der Waals surface area contributed by atoms with Crippen molar-refractivity contribution in [1.29, 1.82) is 0 Å². The van der Waals surface area contributed by atoms with Crippen LogP contribution in [0.15, 0.2) is 73.8 Å². The van der Waals surface area contributed by atoms with E-state index in [2.05, 4.69) is 63.1 Å². The molecule has 8 aromatic rings. The molecule has 14 N–H and O–H groups in total. The number of aromatic nitrogens is 10. The highest BCUT2D eigenvalue weighted by molar-refractivity contribution is 6.12. The van der Waals surface area contributed by atoms with Crippen molar-refractivity contribution < 1.29 is 58.2 Å². The molecule has 87 heavy (non-hydrogen) atoms. The zero-order valence-corrected chi connectivity index (χ0v) is 48.1. The smallest absolute Gasteiger partial charge is 0.291 e. The lowest BCUT2D eigenvalue weighted by Gasteiger charge is -2.12. The Morgan fingerprint density at radius 1 is 0.414 bits per heavy atom. The van der Waals surface area contributed by atoms with Crippen LogP contribution in [0.25, 0.3) is 0 Å². The maximum absolute atomic E-state index is 13.6. The Bertz CT molecular complexity index is 4140. The summed E-state index contributed by atoms with van der Waals surface area (Å²) in [5.74, 6) is -7.94. The number of aryl methyl sites for hydroxylation is 8. The second kappa shape index (κ2) is 24.3. The molecule has 0 spiro atoms. The third-order valence-electron chi connectivity index (χ3n) is 13.8. The maximum atomic E-state index is 13.6. The molecule has 0 radical (unpaired) electrons. The van der Waals surface area contributed by atoms with Gasteiger partial charge in [0.25, 0.3) is 47.3 Å². The van der Waals surface area contributed by atoms with Gasteiger partial charge in [0.1, 0.15) is 34.2 Å². The van der Waals surface area contributed by atoms with Gasteiger partial charge in [0, 0.05) is 125 Å². The van der Waals surface area contributed by atoms with E-state index in [1.807, 2.05) is 0 Å². The SMILES string of the molecule is Cn1cc2cc1C(=O)NCCCC(=O)Nc1cn(C)c(n1)C(=O)Nc1cc(n(C)c1)C(=O)Nc1cn(C)c(c1O)C(=O)Nc1cc(n(C)c1)C(=O)NCC[C@@H](N)C(=O)Nc1cn(C)c(n1)C(=O)Nc1cc(n(C)c1)C(=O)Nc1cn(C)c(c1O)C(=O)N2. The molecule has 16 bridgehead atoms. The second-order valence-corrected chi connectivity index (χ2v) is 20.5. The van der Waals surface area contributed by atoms with Gasteiger partial charge in [-0.2, -0.15) is 0 Å². The fourth-order valence-corrected chi connectivity index (χ4v) is 9.51. The summed E-state index contributed by atoms with van der Waals surface area (Å²) in [4.78, 5) is 142. The molecule has 0 unspecified atom stereocenters. The van der Waals surface area contributed by atoms with Crippen LogP contribution in [0.5, 0.6) is 11.5 Å². The van der Waals surface area contributed by atoms with E-state index in [1.165, 1.54) is 146 Å². The van der Waals surface area contributed by atoms with Gasteiger partial charge >= 0.3 is 0 Å². The predicted molar refractivity (Wildman–Crippen MR) is 314 cm³/mol. The first-order valence-electron chi connectivity index (χ1n) is 26.5. The Kier molecular flexibility index (Phi) is 16.7. The minimum atomic E-state index is -1.15. The lowest BCUT2D eigenvalue weighted by molar-refractivity contribution is -0.117. The summed E-state index contributed by atoms with van der Waals surface area (Å²) in [7, 11) is 12.2. The van der Waals surface area contributed by atoms with Gasteiger partial charge in [0.15, 0.2) is 34.5 Å². The highest BCUT2D eigenvalue weighted by Gasteiger charge is 2.28. The number of rotatable bonds is 0. The lowest BCUT2D eigenvalue weighted by atomic mass is 10.2. The van der Waals surface area contributed by atoms with E-state index in [9.17, 15) is 58.2 Å². The average molecular weight is 1200 g/mol. The number of anilines is 8. The number of hydrogen-bond acceptors (Lipinski definition) is 15. The zero-order chi connectivity index (χ0) is 62.9. The zero-order valence-electron chi connectivity index (χ0n) is 48.1. The summed E-state index contributed by atoms with van der Waals surface area (Å²) < 4.78 is 11.0. The number of hydrogen-bond donors (Lipinski definition) is 13. The highest BCUT2D eigenvalue weighted by Crippen LogP contribution is 2.33. The molecule has 9 heterocycles. The van der Waals surface area contributed by atoms with Gasteiger partial charge in [0.2, 0.25) is 23.5 Å². The molecule has 0 saturated carbocycles. The van der Waals surface area contributed by atoms with Crippen LogP contribution in [-0.2, 0) is 66.0 Å². The number of imidazole rings is 2. The van der Waals surface area contributed by atoms with E-state index in [-0.39, 0.29) is 124 Å². The first-order valence-corrected chi connectivity index (χ1v) is 26.5. The van der Waals surface area contributed by atoms with Crippen molar-refractivity contribution >= 4 is 105 Å². The van der Waals surface area contributed by atoms with Crippen LogP contribution < -0.4 is 58.9 Å². The minimum Gasteiger partial charge on any atom is -0.504 e. The average Bonchev–Trinajstić information content (AvgIpc) is 2.19. The van der Waals surface area contributed by atoms with Crippen LogP contribution >= 0.6 is 0 Å². The monoisotopic (exact) mass is 1200 g/mol. The van der Waals surface area contributed by atoms with Crippen molar-refractivity contribution in [1.82, 2.24) is 57.1 Å². The fraction of sp³-hybridized carbons (Fsp3) is 0.259. The summed E-state index contributed by atoms with van der Waals surface area (Å²) in [5.41, 5.74) is 6.55. The molecule has 33 heteroatoms. The topological polar surface area (TPSA) is 423 Å². The lowest BCUT2D eigenvalue weighted by Crippen LogP contribution is -2.39. The molecule has 10 amide bonds.